The molecular formula is C14H12N2O2. The molecule has 0 amide bonds. The Labute approximate surface area is 103 Å². The number of benzene rings is 2. The van der Waals surface area contributed by atoms with Crippen LogP contribution < -0.4 is 11.1 Å². The van der Waals surface area contributed by atoms with Crippen molar-refractivity contribution in [2.24, 2.45) is 0 Å². The van der Waals surface area contributed by atoms with E-state index >= 15 is 0 Å². The molecule has 1 aromatic heterocycles. The van der Waals surface area contributed by atoms with Crippen LogP contribution in [0.15, 0.2) is 51.7 Å². The maximum atomic E-state index is 11.1. The van der Waals surface area contributed by atoms with E-state index in [0.717, 1.165) is 16.8 Å². The molecule has 18 heavy (non-hydrogen) atoms. The van der Waals surface area contributed by atoms with Gasteiger partial charge in [-0.05, 0) is 35.4 Å². The van der Waals surface area contributed by atoms with E-state index in [9.17, 15) is 4.79 Å². The predicted octanol–water partition coefficient (Wildman–Crippen LogP) is 2.83. The largest absolute Gasteiger partial charge is 0.417 e. The molecule has 2 aromatic carbocycles. The minimum atomic E-state index is -0.425. The molecule has 4 heteroatoms. The lowest BCUT2D eigenvalue weighted by Crippen LogP contribution is -1.92. The van der Waals surface area contributed by atoms with Crippen molar-refractivity contribution in [2.75, 3.05) is 12.4 Å². The van der Waals surface area contributed by atoms with Crippen LogP contribution in [0.5, 0.6) is 0 Å². The van der Waals surface area contributed by atoms with Crippen LogP contribution >= 0.6 is 0 Å². The van der Waals surface area contributed by atoms with E-state index in [0.29, 0.717) is 11.1 Å². The molecule has 90 valence electrons. The highest BCUT2D eigenvalue weighted by Gasteiger charge is 2.04. The minimum Gasteiger partial charge on any atom is -0.408 e. The lowest BCUT2D eigenvalue weighted by Gasteiger charge is -2.04. The number of aromatic amines is 1. The van der Waals surface area contributed by atoms with Gasteiger partial charge in [-0.2, -0.15) is 0 Å². The predicted molar refractivity (Wildman–Crippen MR) is 71.8 cm³/mol. The van der Waals surface area contributed by atoms with Crippen LogP contribution in [-0.2, 0) is 0 Å². The van der Waals surface area contributed by atoms with E-state index in [2.05, 4.69) is 16.4 Å². The van der Waals surface area contributed by atoms with Crippen molar-refractivity contribution in [3.8, 4) is 11.1 Å². The molecule has 0 aliphatic heterocycles. The molecule has 3 aromatic rings. The summed E-state index contributed by atoms with van der Waals surface area (Å²) in [7, 11) is 1.88. The number of hydrogen-bond acceptors (Lipinski definition) is 3. The number of fused-ring (bicyclic) bond motifs is 1. The first-order chi connectivity index (χ1) is 8.76. The molecule has 0 atom stereocenters. The van der Waals surface area contributed by atoms with Gasteiger partial charge in [0.1, 0.15) is 0 Å². The molecule has 0 spiro atoms. The van der Waals surface area contributed by atoms with Crippen molar-refractivity contribution in [3.05, 3.63) is 53.0 Å². The molecule has 4 nitrogen and oxygen atoms in total. The van der Waals surface area contributed by atoms with Crippen LogP contribution in [0, 0.1) is 0 Å². The van der Waals surface area contributed by atoms with Crippen LogP contribution in [0.1, 0.15) is 0 Å². The molecule has 2 N–H and O–H groups in total. The quantitative estimate of drug-likeness (QED) is 0.724. The number of anilines is 1. The number of hydrogen-bond donors (Lipinski definition) is 2. The van der Waals surface area contributed by atoms with Gasteiger partial charge in [-0.1, -0.05) is 18.2 Å². The Bertz CT molecular complexity index is 756. The standard InChI is InChI=1S/C14H12N2O2/c1-15-11-4-2-3-9(7-11)10-5-6-13-12(8-10)16-14(17)18-13/h2-8,15H,1H3,(H,16,17). The van der Waals surface area contributed by atoms with Gasteiger partial charge in [0.2, 0.25) is 0 Å². The van der Waals surface area contributed by atoms with Gasteiger partial charge in [0, 0.05) is 12.7 Å². The lowest BCUT2D eigenvalue weighted by molar-refractivity contribution is 0.555. The van der Waals surface area contributed by atoms with E-state index < -0.39 is 5.76 Å². The first-order valence-electron chi connectivity index (χ1n) is 5.67. The van der Waals surface area contributed by atoms with Gasteiger partial charge in [0.15, 0.2) is 5.58 Å². The second-order valence-electron chi connectivity index (χ2n) is 4.06. The van der Waals surface area contributed by atoms with Gasteiger partial charge < -0.3 is 9.73 Å². The van der Waals surface area contributed by atoms with Gasteiger partial charge in [-0.25, -0.2) is 4.79 Å². The minimum absolute atomic E-state index is 0.425. The SMILES string of the molecule is CNc1cccc(-c2ccc3oc(=O)[nH]c3c2)c1. The topological polar surface area (TPSA) is 58.0 Å². The Balaban J connectivity index is 2.15. The summed E-state index contributed by atoms with van der Waals surface area (Å²) >= 11 is 0. The Hall–Kier alpha value is -2.49. The van der Waals surface area contributed by atoms with Crippen LogP contribution in [0.4, 0.5) is 5.69 Å². The fourth-order valence-electron chi connectivity index (χ4n) is 1.99. The van der Waals surface area contributed by atoms with Crippen molar-refractivity contribution in [2.45, 2.75) is 0 Å². The second-order valence-corrected chi connectivity index (χ2v) is 4.06. The van der Waals surface area contributed by atoms with E-state index in [1.165, 1.54) is 0 Å². The Morgan fingerprint density at radius 3 is 2.78 bits per heavy atom. The van der Waals surface area contributed by atoms with Gasteiger partial charge in [0.25, 0.3) is 0 Å². The van der Waals surface area contributed by atoms with Crippen LogP contribution in [0.2, 0.25) is 0 Å². The molecule has 0 radical (unpaired) electrons. The number of H-pyrrole nitrogens is 1. The lowest BCUT2D eigenvalue weighted by atomic mass is 10.0. The first kappa shape index (κ1) is 10.7. The van der Waals surface area contributed by atoms with Crippen molar-refractivity contribution >= 4 is 16.8 Å². The monoisotopic (exact) mass is 240 g/mol. The summed E-state index contributed by atoms with van der Waals surface area (Å²) < 4.78 is 4.98. The van der Waals surface area contributed by atoms with Crippen molar-refractivity contribution < 1.29 is 4.42 Å². The number of rotatable bonds is 2. The smallest absolute Gasteiger partial charge is 0.408 e. The third-order valence-corrected chi connectivity index (χ3v) is 2.90. The molecule has 0 aliphatic carbocycles. The number of aromatic nitrogens is 1. The molecule has 0 saturated carbocycles. The third-order valence-electron chi connectivity index (χ3n) is 2.90. The fourth-order valence-corrected chi connectivity index (χ4v) is 1.99. The average molecular weight is 240 g/mol. The molecule has 0 fully saturated rings. The molecule has 1 heterocycles. The van der Waals surface area contributed by atoms with Gasteiger partial charge in [0.05, 0.1) is 5.52 Å². The molecular weight excluding hydrogens is 228 g/mol. The van der Waals surface area contributed by atoms with Crippen molar-refractivity contribution in [3.63, 3.8) is 0 Å². The van der Waals surface area contributed by atoms with Crippen LogP contribution in [-0.4, -0.2) is 12.0 Å². The van der Waals surface area contributed by atoms with E-state index in [-0.39, 0.29) is 0 Å². The zero-order valence-electron chi connectivity index (χ0n) is 9.86. The van der Waals surface area contributed by atoms with Crippen molar-refractivity contribution in [1.29, 1.82) is 0 Å². The number of nitrogens with one attached hydrogen (secondary N) is 2. The highest BCUT2D eigenvalue weighted by molar-refractivity contribution is 5.80. The first-order valence-corrected chi connectivity index (χ1v) is 5.67. The highest BCUT2D eigenvalue weighted by atomic mass is 16.4. The van der Waals surface area contributed by atoms with E-state index in [4.69, 9.17) is 4.42 Å². The summed E-state index contributed by atoms with van der Waals surface area (Å²) in [6.07, 6.45) is 0. The Morgan fingerprint density at radius 2 is 1.94 bits per heavy atom. The maximum absolute atomic E-state index is 11.1. The molecule has 0 saturated heterocycles. The summed E-state index contributed by atoms with van der Waals surface area (Å²) in [4.78, 5) is 13.8. The Morgan fingerprint density at radius 1 is 1.11 bits per heavy atom. The summed E-state index contributed by atoms with van der Waals surface area (Å²) in [5.74, 6) is -0.425. The van der Waals surface area contributed by atoms with Gasteiger partial charge in [-0.15, -0.1) is 0 Å². The second kappa shape index (κ2) is 4.07. The fraction of sp³-hybridized carbons (Fsp3) is 0.0714. The molecule has 3 rings (SSSR count). The van der Waals surface area contributed by atoms with Crippen LogP contribution in [0.3, 0.4) is 0 Å². The van der Waals surface area contributed by atoms with E-state index in [1.807, 2.05) is 37.4 Å². The highest BCUT2D eigenvalue weighted by Crippen LogP contribution is 2.25. The summed E-state index contributed by atoms with van der Waals surface area (Å²) in [5.41, 5.74) is 4.47. The zero-order valence-corrected chi connectivity index (χ0v) is 9.86. The Kier molecular flexibility index (Phi) is 2.41. The van der Waals surface area contributed by atoms with Crippen LogP contribution in [0.25, 0.3) is 22.2 Å². The molecule has 0 aliphatic rings. The zero-order chi connectivity index (χ0) is 12.5. The van der Waals surface area contributed by atoms with Gasteiger partial charge in [-0.3, -0.25) is 4.98 Å². The van der Waals surface area contributed by atoms with E-state index in [1.54, 1.807) is 6.07 Å². The van der Waals surface area contributed by atoms with Gasteiger partial charge >= 0.3 is 5.76 Å². The molecule has 0 bridgehead atoms. The van der Waals surface area contributed by atoms with Crippen molar-refractivity contribution in [1.82, 2.24) is 4.98 Å². The maximum Gasteiger partial charge on any atom is 0.417 e. The average Bonchev–Trinajstić information content (AvgIpc) is 2.77. The summed E-state index contributed by atoms with van der Waals surface area (Å²) in [5, 5.41) is 3.10. The summed E-state index contributed by atoms with van der Waals surface area (Å²) in [6, 6.07) is 13.7. The summed E-state index contributed by atoms with van der Waals surface area (Å²) in [6.45, 7) is 0. The number of oxazole rings is 1. The third kappa shape index (κ3) is 1.78. The molecule has 0 unspecified atom stereocenters. The normalized spacial score (nSPS) is 10.7.